The Morgan fingerprint density at radius 2 is 1.88 bits per heavy atom. The highest BCUT2D eigenvalue weighted by Gasteiger charge is 2.24. The van der Waals surface area contributed by atoms with Gasteiger partial charge in [-0.25, -0.2) is 4.39 Å². The van der Waals surface area contributed by atoms with Gasteiger partial charge in [0.25, 0.3) is 0 Å². The van der Waals surface area contributed by atoms with Gasteiger partial charge in [-0.15, -0.1) is 10.2 Å². The minimum absolute atomic E-state index is 0.261. The van der Waals surface area contributed by atoms with E-state index in [1.807, 2.05) is 10.6 Å². The van der Waals surface area contributed by atoms with Crippen molar-refractivity contribution in [3.63, 3.8) is 0 Å². The highest BCUT2D eigenvalue weighted by Crippen LogP contribution is 2.29. The van der Waals surface area contributed by atoms with Crippen molar-refractivity contribution < 1.29 is 9.13 Å². The first-order valence-corrected chi connectivity index (χ1v) is 9.13. The summed E-state index contributed by atoms with van der Waals surface area (Å²) in [7, 11) is 0. The summed E-state index contributed by atoms with van der Waals surface area (Å²) >= 11 is 1.65. The second kappa shape index (κ2) is 7.18. The van der Waals surface area contributed by atoms with Crippen molar-refractivity contribution in [3.8, 4) is 11.4 Å². The average Bonchev–Trinajstić information content (AvgIpc) is 3.04. The summed E-state index contributed by atoms with van der Waals surface area (Å²) in [6.07, 6.45) is 0. The molecule has 2 aliphatic rings. The first-order valence-electron chi connectivity index (χ1n) is 8.14. The van der Waals surface area contributed by atoms with E-state index in [9.17, 15) is 4.39 Å². The van der Waals surface area contributed by atoms with E-state index < -0.39 is 0 Å². The summed E-state index contributed by atoms with van der Waals surface area (Å²) in [5.74, 6) is 1.23. The zero-order chi connectivity index (χ0) is 16.4. The fourth-order valence-corrected chi connectivity index (χ4v) is 3.90. The third kappa shape index (κ3) is 3.32. The highest BCUT2D eigenvalue weighted by atomic mass is 32.2. The molecular weight excluding hydrogens is 329 g/mol. The van der Waals surface area contributed by atoms with Gasteiger partial charge in [-0.2, -0.15) is 0 Å². The molecule has 1 aromatic heterocycles. The first kappa shape index (κ1) is 16.0. The summed E-state index contributed by atoms with van der Waals surface area (Å²) < 4.78 is 21.5. The van der Waals surface area contributed by atoms with Crippen molar-refractivity contribution in [2.45, 2.75) is 11.8 Å². The number of nitrogens with zero attached hydrogens (tertiary/aromatic N) is 5. The molecule has 8 heteroatoms. The summed E-state index contributed by atoms with van der Waals surface area (Å²) in [6, 6.07) is 6.73. The molecule has 3 heterocycles. The quantitative estimate of drug-likeness (QED) is 0.838. The number of halogens is 1. The van der Waals surface area contributed by atoms with Crippen LogP contribution in [0.5, 0.6) is 0 Å². The smallest absolute Gasteiger partial charge is 0.193 e. The van der Waals surface area contributed by atoms with Crippen LogP contribution in [0, 0.1) is 5.82 Å². The zero-order valence-corrected chi connectivity index (χ0v) is 14.2. The fourth-order valence-electron chi connectivity index (χ4n) is 3.00. The van der Waals surface area contributed by atoms with E-state index in [2.05, 4.69) is 20.0 Å². The van der Waals surface area contributed by atoms with Gasteiger partial charge >= 0.3 is 0 Å². The van der Waals surface area contributed by atoms with Crippen LogP contribution in [0.4, 0.5) is 4.39 Å². The summed E-state index contributed by atoms with van der Waals surface area (Å²) in [4.78, 5) is 4.77. The number of thioether (sulfide) groups is 1. The van der Waals surface area contributed by atoms with Crippen LogP contribution in [0.15, 0.2) is 29.4 Å². The van der Waals surface area contributed by atoms with Crippen LogP contribution < -0.4 is 0 Å². The van der Waals surface area contributed by atoms with Gasteiger partial charge < -0.3 is 4.74 Å². The Bertz CT molecular complexity index is 704. The van der Waals surface area contributed by atoms with Crippen molar-refractivity contribution >= 4 is 11.8 Å². The van der Waals surface area contributed by atoms with Crippen molar-refractivity contribution in [2.75, 3.05) is 45.3 Å². The number of aromatic nitrogens is 3. The lowest BCUT2D eigenvalue weighted by molar-refractivity contribution is 0.0325. The van der Waals surface area contributed by atoms with Crippen LogP contribution in [-0.4, -0.2) is 69.8 Å². The molecule has 1 aromatic carbocycles. The number of benzene rings is 1. The normalized spacial score (nSPS) is 19.4. The Balaban J connectivity index is 1.46. The van der Waals surface area contributed by atoms with Gasteiger partial charge in [-0.1, -0.05) is 23.9 Å². The lowest BCUT2D eigenvalue weighted by Crippen LogP contribution is -2.42. The third-order valence-corrected chi connectivity index (χ3v) is 5.44. The molecule has 0 N–H and O–H groups in total. The highest BCUT2D eigenvalue weighted by molar-refractivity contribution is 7.99. The second-order valence-electron chi connectivity index (χ2n) is 5.98. The molecule has 2 aromatic rings. The molecule has 1 saturated heterocycles. The maximum Gasteiger partial charge on any atom is 0.193 e. The topological polar surface area (TPSA) is 46.4 Å². The van der Waals surface area contributed by atoms with Gasteiger partial charge in [0.15, 0.2) is 11.0 Å². The molecule has 0 radical (unpaired) electrons. The summed E-state index contributed by atoms with van der Waals surface area (Å²) in [5, 5.41) is 9.28. The van der Waals surface area contributed by atoms with E-state index in [4.69, 9.17) is 4.74 Å². The maximum atomic E-state index is 14.1. The number of rotatable bonds is 4. The number of hydrogen-bond acceptors (Lipinski definition) is 6. The summed E-state index contributed by atoms with van der Waals surface area (Å²) in [5.41, 5.74) is 0.506. The second-order valence-corrected chi connectivity index (χ2v) is 6.89. The molecule has 1 fully saturated rings. The molecule has 6 nitrogen and oxygen atoms in total. The molecule has 0 aliphatic carbocycles. The molecule has 24 heavy (non-hydrogen) atoms. The lowest BCUT2D eigenvalue weighted by atomic mass is 10.2. The zero-order valence-electron chi connectivity index (χ0n) is 13.4. The molecular formula is C16H20FN5OS. The van der Waals surface area contributed by atoms with Crippen molar-refractivity contribution in [1.82, 2.24) is 24.6 Å². The fraction of sp³-hybridized carbons (Fsp3) is 0.500. The minimum Gasteiger partial charge on any atom is -0.379 e. The van der Waals surface area contributed by atoms with Gasteiger partial charge in [0.2, 0.25) is 0 Å². The van der Waals surface area contributed by atoms with Gasteiger partial charge in [-0.3, -0.25) is 14.4 Å². The predicted molar refractivity (Wildman–Crippen MR) is 90.1 cm³/mol. The third-order valence-electron chi connectivity index (χ3n) is 4.39. The van der Waals surface area contributed by atoms with Crippen LogP contribution in [-0.2, 0) is 11.4 Å². The number of morpholine rings is 1. The monoisotopic (exact) mass is 349 g/mol. The van der Waals surface area contributed by atoms with Crippen LogP contribution in [0.3, 0.4) is 0 Å². The number of ether oxygens (including phenoxy) is 1. The number of hydrogen-bond donors (Lipinski definition) is 0. The van der Waals surface area contributed by atoms with Crippen molar-refractivity contribution in [1.29, 1.82) is 0 Å². The van der Waals surface area contributed by atoms with Crippen LogP contribution >= 0.6 is 11.8 Å². The molecule has 0 unspecified atom stereocenters. The van der Waals surface area contributed by atoms with Crippen LogP contribution in [0.2, 0.25) is 0 Å². The van der Waals surface area contributed by atoms with E-state index in [-0.39, 0.29) is 5.82 Å². The standard InChI is InChI=1S/C16H20FN5OS/c17-14-4-2-1-3-13(14)15-18-19-16-22(15)11-21(12-24-16)6-5-20-7-9-23-10-8-20/h1-4H,5-12H2. The Morgan fingerprint density at radius 3 is 2.71 bits per heavy atom. The van der Waals surface area contributed by atoms with Gasteiger partial charge in [-0.05, 0) is 12.1 Å². The molecule has 4 rings (SSSR count). The SMILES string of the molecule is Fc1ccccc1-c1nnc2n1CN(CCN1CCOCC1)CS2. The largest absolute Gasteiger partial charge is 0.379 e. The molecule has 128 valence electrons. The molecule has 0 saturated carbocycles. The Labute approximate surface area is 144 Å². The predicted octanol–water partition coefficient (Wildman–Crippen LogP) is 1.74. The molecule has 2 aliphatic heterocycles. The maximum absolute atomic E-state index is 14.1. The lowest BCUT2D eigenvalue weighted by Gasteiger charge is -2.32. The van der Waals surface area contributed by atoms with Crippen LogP contribution in [0.1, 0.15) is 0 Å². The minimum atomic E-state index is -0.261. The molecule has 0 amide bonds. The molecule has 0 bridgehead atoms. The van der Waals surface area contributed by atoms with E-state index in [0.29, 0.717) is 18.1 Å². The van der Waals surface area contributed by atoms with Crippen LogP contribution in [0.25, 0.3) is 11.4 Å². The molecule has 0 spiro atoms. The van der Waals surface area contributed by atoms with Gasteiger partial charge in [0.05, 0.1) is 31.3 Å². The Hall–Kier alpha value is -1.48. The average molecular weight is 349 g/mol. The van der Waals surface area contributed by atoms with Crippen molar-refractivity contribution in [2.24, 2.45) is 0 Å². The Morgan fingerprint density at radius 1 is 1.08 bits per heavy atom. The van der Waals surface area contributed by atoms with E-state index in [1.54, 1.807) is 23.9 Å². The van der Waals surface area contributed by atoms with Crippen molar-refractivity contribution in [3.05, 3.63) is 30.1 Å². The summed E-state index contributed by atoms with van der Waals surface area (Å²) in [6.45, 7) is 6.34. The van der Waals surface area contributed by atoms with E-state index in [1.165, 1.54) is 6.07 Å². The Kier molecular flexibility index (Phi) is 4.79. The molecule has 0 atom stereocenters. The van der Waals surface area contributed by atoms with E-state index in [0.717, 1.165) is 50.4 Å². The van der Waals surface area contributed by atoms with Gasteiger partial charge in [0.1, 0.15) is 5.82 Å². The van der Waals surface area contributed by atoms with Gasteiger partial charge in [0, 0.05) is 26.2 Å². The van der Waals surface area contributed by atoms with E-state index >= 15 is 0 Å². The number of fused-ring (bicyclic) bond motifs is 1. The first-order chi connectivity index (χ1) is 11.8.